The van der Waals surface area contributed by atoms with E-state index in [0.717, 1.165) is 18.5 Å². The van der Waals surface area contributed by atoms with Crippen LogP contribution in [0.5, 0.6) is 5.88 Å². The third kappa shape index (κ3) is 3.89. The Hall–Kier alpha value is -3.81. The van der Waals surface area contributed by atoms with E-state index in [0.29, 0.717) is 11.4 Å². The van der Waals surface area contributed by atoms with E-state index in [4.69, 9.17) is 12.2 Å². The summed E-state index contributed by atoms with van der Waals surface area (Å²) in [6.45, 7) is 0.740. The van der Waals surface area contributed by atoms with Gasteiger partial charge in [0, 0.05) is 12.5 Å². The zero-order valence-corrected chi connectivity index (χ0v) is 19.2. The molecule has 3 aromatic carbocycles. The van der Waals surface area contributed by atoms with Gasteiger partial charge in [-0.05, 0) is 60.6 Å². The Kier molecular flexibility index (Phi) is 5.96. The minimum absolute atomic E-state index is 0.0418. The lowest BCUT2D eigenvalue weighted by Gasteiger charge is -2.26. The van der Waals surface area contributed by atoms with Gasteiger partial charge in [0.25, 0.3) is 5.56 Å². The van der Waals surface area contributed by atoms with E-state index in [1.165, 1.54) is 14.7 Å². The molecule has 1 atom stereocenters. The van der Waals surface area contributed by atoms with Gasteiger partial charge >= 0.3 is 0 Å². The minimum Gasteiger partial charge on any atom is -0.493 e. The van der Waals surface area contributed by atoms with Gasteiger partial charge in [-0.15, -0.1) is 0 Å². The number of nitrogens with zero attached hydrogens (tertiary/aromatic N) is 2. The third-order valence-corrected chi connectivity index (χ3v) is 6.51. The molecule has 170 valence electrons. The summed E-state index contributed by atoms with van der Waals surface area (Å²) in [5, 5.41) is 14.6. The van der Waals surface area contributed by atoms with E-state index >= 15 is 0 Å². The zero-order chi connectivity index (χ0) is 23.7. The number of nitrogens with one attached hydrogen (secondary N) is 1. The molecule has 4 aromatic rings. The number of rotatable bonds is 5. The van der Waals surface area contributed by atoms with Crippen LogP contribution in [0.1, 0.15) is 33.9 Å². The molecule has 2 heterocycles. The summed E-state index contributed by atoms with van der Waals surface area (Å²) in [5.41, 5.74) is 2.41. The molecular weight excluding hydrogens is 446 g/mol. The minimum atomic E-state index is -0.630. The normalized spacial score (nSPS) is 15.0. The topological polar surface area (TPSA) is 76.3 Å². The molecule has 0 spiro atoms. The van der Waals surface area contributed by atoms with Crippen molar-refractivity contribution in [1.29, 1.82) is 0 Å². The molecule has 0 aliphatic carbocycles. The van der Waals surface area contributed by atoms with Gasteiger partial charge in [-0.3, -0.25) is 18.7 Å². The van der Waals surface area contributed by atoms with Crippen molar-refractivity contribution in [3.63, 3.8) is 0 Å². The monoisotopic (exact) mass is 469 g/mol. The van der Waals surface area contributed by atoms with Gasteiger partial charge in [0.15, 0.2) is 10.6 Å². The molecule has 6 nitrogen and oxygen atoms in total. The van der Waals surface area contributed by atoms with E-state index in [1.54, 1.807) is 48.5 Å². The Balaban J connectivity index is 1.68. The molecule has 1 aliphatic rings. The molecule has 7 heteroatoms. The van der Waals surface area contributed by atoms with Crippen LogP contribution in [0.4, 0.5) is 0 Å². The first-order valence-electron chi connectivity index (χ1n) is 11.1. The lowest BCUT2D eigenvalue weighted by atomic mass is 9.90. The number of aromatic nitrogens is 2. The number of Topliss-reactive ketones (excluding diaryl/α,β-unsaturated/α-hetero) is 1. The van der Waals surface area contributed by atoms with Crippen LogP contribution in [-0.2, 0) is 6.42 Å². The maximum Gasteiger partial charge on any atom is 0.273 e. The first-order chi connectivity index (χ1) is 16.6. The summed E-state index contributed by atoms with van der Waals surface area (Å²) in [6.07, 6.45) is 0.922. The second-order valence-electron chi connectivity index (χ2n) is 8.21. The summed E-state index contributed by atoms with van der Waals surface area (Å²) in [7, 11) is 0. The second-order valence-corrected chi connectivity index (χ2v) is 8.58. The number of carbonyl (C=O) groups is 1. The van der Waals surface area contributed by atoms with Crippen LogP contribution < -0.4 is 10.9 Å². The molecule has 0 fully saturated rings. The fourth-order valence-electron chi connectivity index (χ4n) is 4.52. The predicted molar refractivity (Wildman–Crippen MR) is 134 cm³/mol. The Morgan fingerprint density at radius 2 is 1.50 bits per heavy atom. The van der Waals surface area contributed by atoms with Crippen molar-refractivity contribution in [3.8, 4) is 17.3 Å². The maximum atomic E-state index is 13.6. The van der Waals surface area contributed by atoms with Crippen molar-refractivity contribution in [1.82, 2.24) is 14.5 Å². The summed E-state index contributed by atoms with van der Waals surface area (Å²) < 4.78 is 2.76. The number of benzene rings is 3. The molecule has 0 saturated heterocycles. The van der Waals surface area contributed by atoms with Gasteiger partial charge in [-0.25, -0.2) is 0 Å². The van der Waals surface area contributed by atoms with E-state index in [-0.39, 0.29) is 22.8 Å². The number of hydrogen-bond acceptors (Lipinski definition) is 5. The highest BCUT2D eigenvalue weighted by molar-refractivity contribution is 7.71. The van der Waals surface area contributed by atoms with Crippen molar-refractivity contribution in [3.05, 3.63) is 117 Å². The first kappa shape index (κ1) is 22.0. The molecule has 0 unspecified atom stereocenters. The van der Waals surface area contributed by atoms with Gasteiger partial charge < -0.3 is 10.4 Å². The molecule has 1 aliphatic heterocycles. The van der Waals surface area contributed by atoms with Crippen molar-refractivity contribution < 1.29 is 9.90 Å². The smallest absolute Gasteiger partial charge is 0.273 e. The average molecular weight is 470 g/mol. The third-order valence-electron chi connectivity index (χ3n) is 6.15. The molecule has 1 aromatic heterocycles. The quantitative estimate of drug-likeness (QED) is 0.332. The van der Waals surface area contributed by atoms with Crippen LogP contribution in [0.25, 0.3) is 11.4 Å². The van der Waals surface area contributed by atoms with Crippen LogP contribution >= 0.6 is 12.2 Å². The molecule has 0 radical (unpaired) electrons. The van der Waals surface area contributed by atoms with Gasteiger partial charge in [0.2, 0.25) is 5.88 Å². The lowest BCUT2D eigenvalue weighted by Crippen LogP contribution is -2.34. The Bertz CT molecular complexity index is 1480. The molecule has 5 rings (SSSR count). The maximum absolute atomic E-state index is 13.6. The fraction of sp³-hybridized carbons (Fsp3) is 0.148. The summed E-state index contributed by atoms with van der Waals surface area (Å²) in [5.74, 6) is -0.886. The van der Waals surface area contributed by atoms with Gasteiger partial charge in [-0.2, -0.15) is 0 Å². The highest BCUT2D eigenvalue weighted by atomic mass is 32.1. The number of hydrogen-bond donors (Lipinski definition) is 2. The Morgan fingerprint density at radius 1 is 0.912 bits per heavy atom. The molecule has 2 N–H and O–H groups in total. The highest BCUT2D eigenvalue weighted by Crippen LogP contribution is 2.29. The van der Waals surface area contributed by atoms with Crippen LogP contribution in [-0.4, -0.2) is 26.6 Å². The van der Waals surface area contributed by atoms with Gasteiger partial charge in [-0.1, -0.05) is 60.7 Å². The second kappa shape index (κ2) is 9.21. The summed E-state index contributed by atoms with van der Waals surface area (Å²) >= 11 is 5.63. The number of carbonyl (C=O) groups excluding carboxylic acids is 1. The number of fused-ring (bicyclic) bond motifs is 1. The predicted octanol–water partition coefficient (Wildman–Crippen LogP) is 4.52. The van der Waals surface area contributed by atoms with E-state index in [9.17, 15) is 14.7 Å². The number of para-hydroxylation sites is 2. The van der Waals surface area contributed by atoms with Crippen LogP contribution in [0.2, 0.25) is 0 Å². The first-order valence-corrected chi connectivity index (χ1v) is 11.5. The molecule has 0 amide bonds. The van der Waals surface area contributed by atoms with E-state index < -0.39 is 17.2 Å². The van der Waals surface area contributed by atoms with Crippen molar-refractivity contribution in [2.24, 2.45) is 0 Å². The van der Waals surface area contributed by atoms with E-state index in [1.807, 2.05) is 30.3 Å². The van der Waals surface area contributed by atoms with Gasteiger partial charge in [0.1, 0.15) is 5.56 Å². The highest BCUT2D eigenvalue weighted by Gasteiger charge is 2.28. The molecular formula is C27H23N3O3S. The van der Waals surface area contributed by atoms with Crippen molar-refractivity contribution in [2.45, 2.75) is 18.9 Å². The number of ketones is 1. The molecule has 34 heavy (non-hydrogen) atoms. The molecule has 0 bridgehead atoms. The van der Waals surface area contributed by atoms with Crippen LogP contribution in [0, 0.1) is 4.77 Å². The zero-order valence-electron chi connectivity index (χ0n) is 18.3. The van der Waals surface area contributed by atoms with Crippen LogP contribution in [0.15, 0.2) is 89.7 Å². The lowest BCUT2D eigenvalue weighted by molar-refractivity contribution is 0.0961. The average Bonchev–Trinajstić information content (AvgIpc) is 2.85. The Morgan fingerprint density at radius 3 is 2.18 bits per heavy atom. The van der Waals surface area contributed by atoms with E-state index in [2.05, 4.69) is 11.4 Å². The summed E-state index contributed by atoms with van der Waals surface area (Å²) in [4.78, 5) is 27.2. The summed E-state index contributed by atoms with van der Waals surface area (Å²) in [6, 6.07) is 25.6. The standard InChI is InChI=1S/C27H23N3O3S/c31-23(17-22-21-14-8-7-9-18(21)15-16-28-22)24-25(32)29(19-10-3-1-4-11-19)27(34)30(26(24)33)20-12-5-2-6-13-20/h1-14,22,28,32H,15-17H2/t22-/m1/s1. The molecule has 0 saturated carbocycles. The largest absolute Gasteiger partial charge is 0.493 e. The fourth-order valence-corrected chi connectivity index (χ4v) is 4.90. The van der Waals surface area contributed by atoms with Crippen molar-refractivity contribution >= 4 is 18.0 Å². The number of aromatic hydroxyl groups is 1. The van der Waals surface area contributed by atoms with Crippen LogP contribution in [0.3, 0.4) is 0 Å². The Labute approximate surface area is 201 Å². The van der Waals surface area contributed by atoms with Crippen molar-refractivity contribution in [2.75, 3.05) is 6.54 Å². The van der Waals surface area contributed by atoms with Gasteiger partial charge in [0.05, 0.1) is 11.4 Å². The SMILES string of the molecule is O=C(C[C@H]1NCCc2ccccc21)c1c(O)n(-c2ccccc2)c(=S)n(-c2ccccc2)c1=O.